The van der Waals surface area contributed by atoms with Crippen molar-refractivity contribution in [2.45, 2.75) is 70.4 Å². The van der Waals surface area contributed by atoms with Crippen molar-refractivity contribution in [3.05, 3.63) is 47.0 Å². The average molecular weight is 428 g/mol. The van der Waals surface area contributed by atoms with Gasteiger partial charge >= 0.3 is 0 Å². The molecule has 1 aliphatic carbocycles. The van der Waals surface area contributed by atoms with Gasteiger partial charge in [-0.25, -0.2) is 9.07 Å². The first kappa shape index (κ1) is 20.6. The minimum absolute atomic E-state index is 0.231. The normalized spacial score (nSPS) is 23.1. The first-order valence-corrected chi connectivity index (χ1v) is 11.5. The molecule has 7 nitrogen and oxygen atoms in total. The maximum atomic E-state index is 14.1. The van der Waals surface area contributed by atoms with E-state index in [0.717, 1.165) is 56.7 Å². The fraction of sp³-hybridized carbons (Fsp3) is 0.609. The fourth-order valence-corrected chi connectivity index (χ4v) is 5.06. The second-order valence-corrected chi connectivity index (χ2v) is 9.03. The van der Waals surface area contributed by atoms with Crippen molar-refractivity contribution in [3.63, 3.8) is 0 Å². The zero-order chi connectivity index (χ0) is 21.2. The van der Waals surface area contributed by atoms with Crippen LogP contribution in [0.15, 0.2) is 24.3 Å². The first-order valence-electron chi connectivity index (χ1n) is 11.5. The molecule has 0 unspecified atom stereocenters. The number of carbonyl (C=O) groups excluding carboxylic acids is 1. The molecule has 0 bridgehead atoms. The van der Waals surface area contributed by atoms with Gasteiger partial charge in [0.25, 0.3) is 0 Å². The van der Waals surface area contributed by atoms with Crippen molar-refractivity contribution in [2.24, 2.45) is 5.92 Å². The number of likely N-dealkylation sites (tertiary alicyclic amines) is 1. The van der Waals surface area contributed by atoms with Gasteiger partial charge in [0.05, 0.1) is 18.8 Å². The number of rotatable bonds is 5. The van der Waals surface area contributed by atoms with E-state index in [0.29, 0.717) is 18.7 Å². The molecule has 1 saturated carbocycles. The zero-order valence-electron chi connectivity index (χ0n) is 17.8. The number of aromatic nitrogens is 3. The number of hydrogen-bond donors (Lipinski definition) is 1. The van der Waals surface area contributed by atoms with Crippen LogP contribution in [0.2, 0.25) is 0 Å². The van der Waals surface area contributed by atoms with E-state index in [2.05, 4.69) is 20.5 Å². The van der Waals surface area contributed by atoms with E-state index in [4.69, 9.17) is 4.74 Å². The predicted octanol–water partition coefficient (Wildman–Crippen LogP) is 2.96. The number of ether oxygens (including phenoxy) is 1. The van der Waals surface area contributed by atoms with Crippen LogP contribution in [-0.4, -0.2) is 44.9 Å². The molecular weight excluding hydrogens is 397 g/mol. The van der Waals surface area contributed by atoms with E-state index in [-0.39, 0.29) is 29.8 Å². The van der Waals surface area contributed by atoms with Gasteiger partial charge < -0.3 is 10.1 Å². The fourth-order valence-electron chi connectivity index (χ4n) is 5.06. The molecule has 1 aromatic carbocycles. The molecule has 1 atom stereocenters. The van der Waals surface area contributed by atoms with E-state index in [1.165, 1.54) is 18.9 Å². The Labute approximate surface area is 181 Å². The van der Waals surface area contributed by atoms with Crippen LogP contribution < -0.4 is 5.32 Å². The largest absolute Gasteiger partial charge is 0.365 e. The standard InChI is InChI=1S/C23H30FN5O2/c24-19-8-4-3-7-18(19)22-14-29-21(15-31-22)20(26-27-29)13-28-11-9-17(10-12-28)25-23(30)16-5-1-2-6-16/h3-4,7-8,16-17,22H,1-2,5-6,9-15H2,(H,25,30)/t22-/m1/s1. The molecular formula is C23H30FN5O2. The molecule has 8 heteroatoms. The molecule has 1 aromatic heterocycles. The Morgan fingerprint density at radius 2 is 1.94 bits per heavy atom. The van der Waals surface area contributed by atoms with Gasteiger partial charge in [-0.15, -0.1) is 5.10 Å². The Morgan fingerprint density at radius 3 is 2.71 bits per heavy atom. The second-order valence-electron chi connectivity index (χ2n) is 9.03. The van der Waals surface area contributed by atoms with Crippen LogP contribution in [0.3, 0.4) is 0 Å². The molecule has 0 radical (unpaired) electrons. The minimum Gasteiger partial charge on any atom is -0.365 e. The summed E-state index contributed by atoms with van der Waals surface area (Å²) in [5.74, 6) is 0.235. The number of halogens is 1. The lowest BCUT2D eigenvalue weighted by atomic mass is 10.0. The van der Waals surface area contributed by atoms with Gasteiger partial charge in [0.1, 0.15) is 17.6 Å². The number of nitrogens with one attached hydrogen (secondary N) is 1. The molecule has 0 spiro atoms. The topological polar surface area (TPSA) is 72.3 Å². The third kappa shape index (κ3) is 4.50. The summed E-state index contributed by atoms with van der Waals surface area (Å²) in [4.78, 5) is 14.7. The smallest absolute Gasteiger partial charge is 0.223 e. The molecule has 3 aliphatic rings. The summed E-state index contributed by atoms with van der Waals surface area (Å²) in [5, 5.41) is 12.0. The number of nitrogens with zero attached hydrogens (tertiary/aromatic N) is 4. The molecule has 1 amide bonds. The van der Waals surface area contributed by atoms with Gasteiger partial charge in [-0.2, -0.15) is 0 Å². The summed E-state index contributed by atoms with van der Waals surface area (Å²) in [7, 11) is 0. The number of hydrogen-bond acceptors (Lipinski definition) is 5. The van der Waals surface area contributed by atoms with E-state index in [9.17, 15) is 9.18 Å². The SMILES string of the molecule is O=C(NC1CCN(Cc2nnn3c2CO[C@@H](c2ccccc2F)C3)CC1)C1CCCC1. The molecule has 1 N–H and O–H groups in total. The molecule has 2 aliphatic heterocycles. The highest BCUT2D eigenvalue weighted by molar-refractivity contribution is 5.79. The Bertz CT molecular complexity index is 918. The molecule has 1 saturated heterocycles. The molecule has 166 valence electrons. The van der Waals surface area contributed by atoms with Crippen molar-refractivity contribution >= 4 is 5.91 Å². The summed E-state index contributed by atoms with van der Waals surface area (Å²) in [5.41, 5.74) is 2.47. The highest BCUT2D eigenvalue weighted by Gasteiger charge is 2.29. The van der Waals surface area contributed by atoms with Crippen molar-refractivity contribution in [2.75, 3.05) is 13.1 Å². The van der Waals surface area contributed by atoms with Crippen LogP contribution in [0.25, 0.3) is 0 Å². The average Bonchev–Trinajstić information content (AvgIpc) is 3.46. The van der Waals surface area contributed by atoms with Crippen LogP contribution in [-0.2, 0) is 29.2 Å². The van der Waals surface area contributed by atoms with Gasteiger partial charge in [-0.1, -0.05) is 36.3 Å². The van der Waals surface area contributed by atoms with E-state index in [1.54, 1.807) is 12.1 Å². The highest BCUT2D eigenvalue weighted by Crippen LogP contribution is 2.29. The van der Waals surface area contributed by atoms with Crippen LogP contribution in [0, 0.1) is 11.7 Å². The van der Waals surface area contributed by atoms with Crippen molar-refractivity contribution in [1.82, 2.24) is 25.2 Å². The van der Waals surface area contributed by atoms with E-state index >= 15 is 0 Å². The van der Waals surface area contributed by atoms with Crippen LogP contribution in [0.4, 0.5) is 4.39 Å². The van der Waals surface area contributed by atoms with Gasteiger partial charge in [-0.05, 0) is 31.7 Å². The summed E-state index contributed by atoms with van der Waals surface area (Å²) in [6.45, 7) is 3.45. The van der Waals surface area contributed by atoms with Crippen molar-refractivity contribution < 1.29 is 13.9 Å². The number of amides is 1. The Kier molecular flexibility index (Phi) is 6.00. The summed E-state index contributed by atoms with van der Waals surface area (Å²) in [6.07, 6.45) is 6.05. The molecule has 2 aromatic rings. The number of carbonyl (C=O) groups is 1. The molecule has 2 fully saturated rings. The molecule has 5 rings (SSSR count). The van der Waals surface area contributed by atoms with E-state index in [1.807, 2.05) is 10.7 Å². The van der Waals surface area contributed by atoms with Crippen molar-refractivity contribution in [3.8, 4) is 0 Å². The third-order valence-electron chi connectivity index (χ3n) is 6.96. The van der Waals surface area contributed by atoms with Gasteiger partial charge in [0, 0.05) is 37.2 Å². The number of piperidine rings is 1. The monoisotopic (exact) mass is 427 g/mol. The highest BCUT2D eigenvalue weighted by atomic mass is 19.1. The number of benzene rings is 1. The Balaban J connectivity index is 1.14. The van der Waals surface area contributed by atoms with Crippen molar-refractivity contribution in [1.29, 1.82) is 0 Å². The van der Waals surface area contributed by atoms with E-state index < -0.39 is 0 Å². The Hall–Kier alpha value is -2.32. The zero-order valence-corrected chi connectivity index (χ0v) is 17.8. The van der Waals surface area contributed by atoms with Gasteiger partial charge in [-0.3, -0.25) is 9.69 Å². The quantitative estimate of drug-likeness (QED) is 0.794. The van der Waals surface area contributed by atoms with Crippen LogP contribution in [0.1, 0.15) is 61.6 Å². The molecule has 31 heavy (non-hydrogen) atoms. The second kappa shape index (κ2) is 9.04. The third-order valence-corrected chi connectivity index (χ3v) is 6.96. The Morgan fingerprint density at radius 1 is 1.16 bits per heavy atom. The lowest BCUT2D eigenvalue weighted by molar-refractivity contribution is -0.125. The van der Waals surface area contributed by atoms with Crippen LogP contribution in [0.5, 0.6) is 0 Å². The summed E-state index contributed by atoms with van der Waals surface area (Å²) < 4.78 is 21.9. The summed E-state index contributed by atoms with van der Waals surface area (Å²) in [6, 6.07) is 7.01. The lowest BCUT2D eigenvalue weighted by Crippen LogP contribution is -2.45. The predicted molar refractivity (Wildman–Crippen MR) is 112 cm³/mol. The lowest BCUT2D eigenvalue weighted by Gasteiger charge is -2.32. The maximum Gasteiger partial charge on any atom is 0.223 e. The first-order chi connectivity index (χ1) is 15.2. The molecule has 3 heterocycles. The minimum atomic E-state index is -0.345. The number of fused-ring (bicyclic) bond motifs is 1. The van der Waals surface area contributed by atoms with Gasteiger partial charge in [0.15, 0.2) is 0 Å². The van der Waals surface area contributed by atoms with Crippen LogP contribution >= 0.6 is 0 Å². The maximum absolute atomic E-state index is 14.1. The van der Waals surface area contributed by atoms with Gasteiger partial charge in [0.2, 0.25) is 5.91 Å². The summed E-state index contributed by atoms with van der Waals surface area (Å²) >= 11 is 0.